The van der Waals surface area contributed by atoms with Crippen LogP contribution in [-0.4, -0.2) is 33.9 Å². The first-order chi connectivity index (χ1) is 12.3. The van der Waals surface area contributed by atoms with Gasteiger partial charge in [0.15, 0.2) is 10.8 Å². The summed E-state index contributed by atoms with van der Waals surface area (Å²) in [7, 11) is -3.74. The van der Waals surface area contributed by atoms with Crippen molar-refractivity contribution in [3.63, 3.8) is 0 Å². The van der Waals surface area contributed by atoms with Gasteiger partial charge in [0, 0.05) is 6.54 Å². The Balaban J connectivity index is 2.09. The smallest absolute Gasteiger partial charge is 0.238 e. The molecule has 1 unspecified atom stereocenters. The zero-order valence-corrected chi connectivity index (χ0v) is 16.1. The third kappa shape index (κ3) is 3.58. The Bertz CT molecular complexity index is 1030. The Morgan fingerprint density at radius 2 is 1.88 bits per heavy atom. The lowest BCUT2D eigenvalue weighted by molar-refractivity contribution is 0.597. The van der Waals surface area contributed by atoms with E-state index in [2.05, 4.69) is 15.1 Å². The number of rotatable bonds is 6. The molecule has 3 aromatic rings. The van der Waals surface area contributed by atoms with Crippen molar-refractivity contribution >= 4 is 32.8 Å². The molecule has 0 saturated carbocycles. The van der Waals surface area contributed by atoms with Crippen molar-refractivity contribution in [2.75, 3.05) is 5.75 Å². The molecule has 138 valence electrons. The number of hydrogen-bond donors (Lipinski definition) is 2. The Kier molecular flexibility index (Phi) is 5.28. The summed E-state index contributed by atoms with van der Waals surface area (Å²) in [5.41, 5.74) is 8.57. The highest BCUT2D eigenvalue weighted by Gasteiger charge is 2.20. The molecule has 0 saturated heterocycles. The summed E-state index contributed by atoms with van der Waals surface area (Å²) in [6.07, 6.45) is 1.72. The van der Waals surface area contributed by atoms with Crippen molar-refractivity contribution in [2.24, 2.45) is 10.9 Å². The molecule has 0 spiro atoms. The van der Waals surface area contributed by atoms with E-state index in [1.165, 1.54) is 23.9 Å². The number of thioether (sulfide) groups is 1. The van der Waals surface area contributed by atoms with Crippen LogP contribution < -0.4 is 10.9 Å². The third-order valence-corrected chi connectivity index (χ3v) is 5.60. The molecule has 0 aliphatic heterocycles. The summed E-state index contributed by atoms with van der Waals surface area (Å²) in [6.45, 7) is 4.71. The Hall–Kier alpha value is -2.01. The van der Waals surface area contributed by atoms with Crippen molar-refractivity contribution in [3.05, 3.63) is 41.7 Å². The van der Waals surface area contributed by atoms with Crippen LogP contribution in [0.3, 0.4) is 0 Å². The number of fused-ring (bicyclic) bond motifs is 1. The summed E-state index contributed by atoms with van der Waals surface area (Å²) in [6, 6.07) is 5.64. The molecule has 0 aliphatic carbocycles. The second-order valence-corrected chi connectivity index (χ2v) is 8.41. The van der Waals surface area contributed by atoms with Crippen molar-refractivity contribution in [1.29, 1.82) is 0 Å². The van der Waals surface area contributed by atoms with Gasteiger partial charge in [-0.2, -0.15) is 5.10 Å². The summed E-state index contributed by atoms with van der Waals surface area (Å²) in [5, 5.41) is 10.9. The molecule has 26 heavy (non-hydrogen) atoms. The van der Waals surface area contributed by atoms with Crippen LogP contribution in [0.2, 0.25) is 0 Å². The minimum absolute atomic E-state index is 0.0438. The maximum absolute atomic E-state index is 11.4. The maximum atomic E-state index is 11.4. The number of nitrogens with two attached hydrogens (primary N) is 2. The number of primary sulfonamides is 1. The molecule has 0 amide bonds. The molecule has 1 atom stereocenters. The highest BCUT2D eigenvalue weighted by atomic mass is 32.2. The van der Waals surface area contributed by atoms with Crippen LogP contribution >= 0.6 is 11.8 Å². The Morgan fingerprint density at radius 3 is 2.46 bits per heavy atom. The van der Waals surface area contributed by atoms with E-state index in [1.807, 2.05) is 13.8 Å². The number of benzene rings is 1. The standard InChI is InChI=1S/C16H20N6O2S2/c1-3-22-15-12(9-19-22)14(20-16(21-15)25-4-2)13(17)10-5-7-11(8-6-10)26(18,23)24/h5-9,13H,3-4,17H2,1-2H3,(H2,18,23,24). The average Bonchev–Trinajstić information content (AvgIpc) is 3.03. The Morgan fingerprint density at radius 1 is 1.19 bits per heavy atom. The van der Waals surface area contributed by atoms with Crippen LogP contribution in [-0.2, 0) is 16.6 Å². The van der Waals surface area contributed by atoms with Gasteiger partial charge in [0.25, 0.3) is 0 Å². The molecule has 10 heteroatoms. The molecular weight excluding hydrogens is 372 g/mol. The predicted octanol–water partition coefficient (Wildman–Crippen LogP) is 1.65. The molecule has 3 rings (SSSR count). The van der Waals surface area contributed by atoms with Gasteiger partial charge in [-0.05, 0) is 30.4 Å². The zero-order valence-electron chi connectivity index (χ0n) is 14.5. The number of aromatic nitrogens is 4. The molecule has 8 nitrogen and oxygen atoms in total. The largest absolute Gasteiger partial charge is 0.319 e. The van der Waals surface area contributed by atoms with Gasteiger partial charge in [0.2, 0.25) is 10.0 Å². The molecule has 2 aromatic heterocycles. The van der Waals surface area contributed by atoms with Gasteiger partial charge in [-0.1, -0.05) is 30.8 Å². The minimum atomic E-state index is -3.74. The van der Waals surface area contributed by atoms with Gasteiger partial charge >= 0.3 is 0 Å². The van der Waals surface area contributed by atoms with E-state index in [0.29, 0.717) is 17.4 Å². The zero-order chi connectivity index (χ0) is 18.9. The van der Waals surface area contributed by atoms with Crippen molar-refractivity contribution in [2.45, 2.75) is 36.5 Å². The van der Waals surface area contributed by atoms with E-state index in [0.717, 1.165) is 22.3 Å². The number of aryl methyl sites for hydroxylation is 1. The van der Waals surface area contributed by atoms with Crippen LogP contribution in [0.1, 0.15) is 31.1 Å². The second-order valence-electron chi connectivity index (χ2n) is 5.61. The predicted molar refractivity (Wildman–Crippen MR) is 101 cm³/mol. The first-order valence-corrected chi connectivity index (χ1v) is 10.6. The number of sulfonamides is 1. The molecule has 2 heterocycles. The van der Waals surface area contributed by atoms with E-state index in [-0.39, 0.29) is 4.90 Å². The molecule has 0 bridgehead atoms. The summed E-state index contributed by atoms with van der Waals surface area (Å²) in [4.78, 5) is 9.24. The van der Waals surface area contributed by atoms with Crippen molar-refractivity contribution in [3.8, 4) is 0 Å². The lowest BCUT2D eigenvalue weighted by Crippen LogP contribution is -2.16. The van der Waals surface area contributed by atoms with Crippen LogP contribution in [0, 0.1) is 0 Å². The van der Waals surface area contributed by atoms with E-state index in [9.17, 15) is 8.42 Å². The van der Waals surface area contributed by atoms with Crippen LogP contribution in [0.15, 0.2) is 40.5 Å². The third-order valence-electron chi connectivity index (χ3n) is 3.94. The fourth-order valence-corrected chi connectivity index (χ4v) is 3.73. The topological polar surface area (TPSA) is 130 Å². The SMILES string of the molecule is CCSc1nc(C(N)c2ccc(S(N)(=O)=O)cc2)c2cnn(CC)c2n1. The minimum Gasteiger partial charge on any atom is -0.319 e. The lowest BCUT2D eigenvalue weighted by atomic mass is 10.0. The average molecular weight is 393 g/mol. The highest BCUT2D eigenvalue weighted by Crippen LogP contribution is 2.28. The van der Waals surface area contributed by atoms with E-state index in [1.54, 1.807) is 23.0 Å². The molecule has 0 radical (unpaired) electrons. The first-order valence-electron chi connectivity index (χ1n) is 8.09. The molecule has 0 fully saturated rings. The maximum Gasteiger partial charge on any atom is 0.238 e. The van der Waals surface area contributed by atoms with Gasteiger partial charge in [0.1, 0.15) is 0 Å². The van der Waals surface area contributed by atoms with Gasteiger partial charge < -0.3 is 5.73 Å². The fourth-order valence-electron chi connectivity index (χ4n) is 2.64. The Labute approximate surface area is 156 Å². The monoisotopic (exact) mass is 392 g/mol. The van der Waals surface area contributed by atoms with E-state index >= 15 is 0 Å². The second kappa shape index (κ2) is 7.31. The van der Waals surface area contributed by atoms with E-state index in [4.69, 9.17) is 10.9 Å². The summed E-state index contributed by atoms with van der Waals surface area (Å²) in [5.74, 6) is 0.837. The number of nitrogens with zero attached hydrogens (tertiary/aromatic N) is 4. The van der Waals surface area contributed by atoms with Crippen LogP contribution in [0.4, 0.5) is 0 Å². The fraction of sp³-hybridized carbons (Fsp3) is 0.312. The van der Waals surface area contributed by atoms with Gasteiger partial charge in [-0.3, -0.25) is 0 Å². The van der Waals surface area contributed by atoms with Crippen molar-refractivity contribution < 1.29 is 8.42 Å². The molecule has 4 N–H and O–H groups in total. The summed E-state index contributed by atoms with van der Waals surface area (Å²) < 4.78 is 24.6. The van der Waals surface area contributed by atoms with Crippen LogP contribution in [0.5, 0.6) is 0 Å². The van der Waals surface area contributed by atoms with Gasteiger partial charge in [-0.15, -0.1) is 0 Å². The summed E-state index contributed by atoms with van der Waals surface area (Å²) >= 11 is 1.53. The van der Waals surface area contributed by atoms with Gasteiger partial charge in [-0.25, -0.2) is 28.2 Å². The molecule has 1 aromatic carbocycles. The normalized spacial score (nSPS) is 13.2. The highest BCUT2D eigenvalue weighted by molar-refractivity contribution is 7.99. The molecule has 0 aliphatic rings. The van der Waals surface area contributed by atoms with E-state index < -0.39 is 16.1 Å². The van der Waals surface area contributed by atoms with Crippen molar-refractivity contribution in [1.82, 2.24) is 19.7 Å². The quantitative estimate of drug-likeness (QED) is 0.482. The lowest BCUT2D eigenvalue weighted by Gasteiger charge is -2.14. The first kappa shape index (κ1) is 18.8. The molecular formula is C16H20N6O2S2. The van der Waals surface area contributed by atoms with Gasteiger partial charge in [0.05, 0.1) is 28.2 Å². The number of hydrogen-bond acceptors (Lipinski definition) is 7. The van der Waals surface area contributed by atoms with Crippen LogP contribution in [0.25, 0.3) is 11.0 Å².